The van der Waals surface area contributed by atoms with Crippen LogP contribution in [0.15, 0.2) is 158 Å². The highest BCUT2D eigenvalue weighted by atomic mass is 14.5. The van der Waals surface area contributed by atoms with Gasteiger partial charge in [0.1, 0.15) is 0 Å². The molecule has 2 fully saturated rings. The topological polar surface area (TPSA) is 0 Å². The second-order valence-corrected chi connectivity index (χ2v) is 14.0. The quantitative estimate of drug-likeness (QED) is 0.191. The van der Waals surface area contributed by atoms with Crippen molar-refractivity contribution in [3.8, 4) is 11.1 Å². The molecule has 3 aliphatic carbocycles. The van der Waals surface area contributed by atoms with Crippen molar-refractivity contribution in [1.29, 1.82) is 0 Å². The molecule has 224 valence electrons. The van der Waals surface area contributed by atoms with Gasteiger partial charge in [-0.1, -0.05) is 171 Å². The van der Waals surface area contributed by atoms with E-state index in [4.69, 9.17) is 0 Å². The van der Waals surface area contributed by atoms with Crippen molar-refractivity contribution in [2.24, 2.45) is 23.7 Å². The summed E-state index contributed by atoms with van der Waals surface area (Å²) in [5.74, 6) is 3.34. The third-order valence-electron chi connectivity index (χ3n) is 11.6. The Morgan fingerprint density at radius 2 is 0.913 bits per heavy atom. The molecule has 9 rings (SSSR count). The van der Waals surface area contributed by atoms with Crippen molar-refractivity contribution in [2.75, 3.05) is 0 Å². The van der Waals surface area contributed by atoms with Gasteiger partial charge in [-0.15, -0.1) is 0 Å². The van der Waals surface area contributed by atoms with Gasteiger partial charge in [0.25, 0.3) is 0 Å². The highest BCUT2D eigenvalue weighted by Gasteiger charge is 2.50. The number of hydrogen-bond donors (Lipinski definition) is 0. The number of hydrogen-bond acceptors (Lipinski definition) is 0. The molecule has 0 heteroatoms. The Bertz CT molecular complexity index is 2080. The van der Waals surface area contributed by atoms with Crippen molar-refractivity contribution >= 4 is 27.1 Å². The lowest BCUT2D eigenvalue weighted by Gasteiger charge is -2.54. The number of rotatable bonds is 4. The van der Waals surface area contributed by atoms with Crippen LogP contribution in [0.1, 0.15) is 54.2 Å². The SMILES string of the molecule is C1=CC2C(C=C1c1ccc(-c3ccccc3)cc1)C(c1ccc3ccccc3c1)C1CCCCC1C2c1ccc2ccccc2c1. The summed E-state index contributed by atoms with van der Waals surface area (Å²) in [6, 6.07) is 52.5. The van der Waals surface area contributed by atoms with Gasteiger partial charge >= 0.3 is 0 Å². The number of fused-ring (bicyclic) bond motifs is 4. The first-order valence-corrected chi connectivity index (χ1v) is 17.3. The molecule has 46 heavy (non-hydrogen) atoms. The van der Waals surface area contributed by atoms with Crippen LogP contribution < -0.4 is 0 Å². The summed E-state index contributed by atoms with van der Waals surface area (Å²) in [5.41, 5.74) is 8.31. The third kappa shape index (κ3) is 4.83. The Labute approximate surface area is 273 Å². The summed E-state index contributed by atoms with van der Waals surface area (Å²) in [6.45, 7) is 0. The second kappa shape index (κ2) is 11.6. The van der Waals surface area contributed by atoms with Crippen LogP contribution in [0.25, 0.3) is 38.2 Å². The van der Waals surface area contributed by atoms with E-state index in [-0.39, 0.29) is 0 Å². The van der Waals surface area contributed by atoms with Crippen LogP contribution in [0.3, 0.4) is 0 Å². The normalized spacial score (nSPS) is 25.5. The molecule has 0 bridgehead atoms. The molecule has 0 radical (unpaired) electrons. The Morgan fingerprint density at radius 1 is 0.413 bits per heavy atom. The van der Waals surface area contributed by atoms with Crippen LogP contribution >= 0.6 is 0 Å². The van der Waals surface area contributed by atoms with Crippen molar-refractivity contribution in [3.05, 3.63) is 174 Å². The first kappa shape index (κ1) is 27.6. The maximum absolute atomic E-state index is 2.68. The molecule has 0 heterocycles. The fraction of sp³-hybridized carbons (Fsp3) is 0.217. The lowest BCUT2D eigenvalue weighted by Crippen LogP contribution is -2.45. The molecular formula is C46H40. The van der Waals surface area contributed by atoms with Crippen LogP contribution in [-0.4, -0.2) is 0 Å². The van der Waals surface area contributed by atoms with E-state index in [1.54, 1.807) is 0 Å². The zero-order valence-corrected chi connectivity index (χ0v) is 26.3. The Morgan fingerprint density at radius 3 is 1.52 bits per heavy atom. The summed E-state index contributed by atoms with van der Waals surface area (Å²) in [6.07, 6.45) is 13.1. The molecule has 6 unspecified atom stereocenters. The third-order valence-corrected chi connectivity index (χ3v) is 11.6. The maximum atomic E-state index is 2.68. The van der Waals surface area contributed by atoms with Gasteiger partial charge in [-0.05, 0) is 103 Å². The van der Waals surface area contributed by atoms with Crippen LogP contribution in [0.4, 0.5) is 0 Å². The van der Waals surface area contributed by atoms with E-state index in [2.05, 4.69) is 158 Å². The molecule has 3 aliphatic rings. The molecule has 0 N–H and O–H groups in total. The second-order valence-electron chi connectivity index (χ2n) is 14.0. The van der Waals surface area contributed by atoms with Gasteiger partial charge in [0, 0.05) is 0 Å². The van der Waals surface area contributed by atoms with Gasteiger partial charge in [0.15, 0.2) is 0 Å². The maximum Gasteiger partial charge on any atom is -0.00614 e. The van der Waals surface area contributed by atoms with Gasteiger partial charge in [-0.2, -0.15) is 0 Å². The van der Waals surface area contributed by atoms with E-state index in [0.29, 0.717) is 35.5 Å². The fourth-order valence-electron chi connectivity index (χ4n) is 9.52. The molecule has 6 atom stereocenters. The monoisotopic (exact) mass is 592 g/mol. The van der Waals surface area contributed by atoms with Gasteiger partial charge in [-0.3, -0.25) is 0 Å². The first-order valence-electron chi connectivity index (χ1n) is 17.3. The molecular weight excluding hydrogens is 553 g/mol. The van der Waals surface area contributed by atoms with E-state index in [9.17, 15) is 0 Å². The minimum absolute atomic E-state index is 0.450. The van der Waals surface area contributed by atoms with Crippen LogP contribution in [0.2, 0.25) is 0 Å². The van der Waals surface area contributed by atoms with E-state index in [1.807, 2.05) is 0 Å². The van der Waals surface area contributed by atoms with Crippen molar-refractivity contribution in [3.63, 3.8) is 0 Å². The molecule has 0 amide bonds. The molecule has 0 saturated heterocycles. The molecule has 0 spiro atoms. The zero-order valence-electron chi connectivity index (χ0n) is 26.3. The van der Waals surface area contributed by atoms with Gasteiger partial charge in [0.2, 0.25) is 0 Å². The summed E-state index contributed by atoms with van der Waals surface area (Å²) in [4.78, 5) is 0. The van der Waals surface area contributed by atoms with E-state index in [1.165, 1.54) is 80.6 Å². The standard InChI is InChI=1S/C46H40/c1-2-10-31(11-3-1)34-18-20-35(21-19-34)38-26-27-43-44(30-38)46(40-25-23-33-13-5-7-15-37(33)29-40)42-17-9-8-16-41(42)45(43)39-24-22-32-12-4-6-14-36(32)28-39/h1-7,10-15,18-30,41-46H,8-9,16-17H2. The predicted molar refractivity (Wildman–Crippen MR) is 195 cm³/mol. The molecule has 0 nitrogen and oxygen atoms in total. The molecule has 6 aromatic rings. The van der Waals surface area contributed by atoms with E-state index >= 15 is 0 Å². The predicted octanol–water partition coefficient (Wildman–Crippen LogP) is 12.2. The Balaban J connectivity index is 1.17. The fourth-order valence-corrected chi connectivity index (χ4v) is 9.52. The smallest absolute Gasteiger partial charge is 0.00614 e. The number of benzene rings is 6. The van der Waals surface area contributed by atoms with Crippen LogP contribution in [-0.2, 0) is 0 Å². The number of allylic oxidation sites excluding steroid dienone is 4. The summed E-state index contributed by atoms with van der Waals surface area (Å²) < 4.78 is 0. The Kier molecular flexibility index (Phi) is 6.96. The van der Waals surface area contributed by atoms with Gasteiger partial charge in [0.05, 0.1) is 0 Å². The van der Waals surface area contributed by atoms with Crippen LogP contribution in [0.5, 0.6) is 0 Å². The molecule has 6 aromatic carbocycles. The van der Waals surface area contributed by atoms with Gasteiger partial charge in [-0.25, -0.2) is 0 Å². The van der Waals surface area contributed by atoms with E-state index < -0.39 is 0 Å². The lowest BCUT2D eigenvalue weighted by molar-refractivity contribution is 0.0628. The zero-order chi connectivity index (χ0) is 30.5. The average Bonchev–Trinajstić information content (AvgIpc) is 3.13. The van der Waals surface area contributed by atoms with Crippen molar-refractivity contribution in [2.45, 2.75) is 37.5 Å². The molecule has 2 saturated carbocycles. The van der Waals surface area contributed by atoms with Crippen molar-refractivity contribution < 1.29 is 0 Å². The first-order chi connectivity index (χ1) is 22.8. The summed E-state index contributed by atoms with van der Waals surface area (Å²) in [5, 5.41) is 5.42. The lowest BCUT2D eigenvalue weighted by atomic mass is 9.50. The minimum atomic E-state index is 0.450. The van der Waals surface area contributed by atoms with E-state index in [0.717, 1.165) is 0 Å². The highest BCUT2D eigenvalue weighted by Crippen LogP contribution is 2.61. The Hall–Kier alpha value is -4.68. The average molecular weight is 593 g/mol. The molecule has 0 aliphatic heterocycles. The van der Waals surface area contributed by atoms with Crippen molar-refractivity contribution in [1.82, 2.24) is 0 Å². The highest BCUT2D eigenvalue weighted by molar-refractivity contribution is 5.84. The van der Waals surface area contributed by atoms with Gasteiger partial charge < -0.3 is 0 Å². The largest absolute Gasteiger partial charge is 0.0796 e. The summed E-state index contributed by atoms with van der Waals surface area (Å²) >= 11 is 0. The minimum Gasteiger partial charge on any atom is -0.0796 e. The van der Waals surface area contributed by atoms with Crippen LogP contribution in [0, 0.1) is 23.7 Å². The summed E-state index contributed by atoms with van der Waals surface area (Å²) in [7, 11) is 0. The molecule has 0 aromatic heterocycles.